The summed E-state index contributed by atoms with van der Waals surface area (Å²) < 4.78 is 41.7. The predicted octanol–water partition coefficient (Wildman–Crippen LogP) is 3.03. The number of ketones is 1. The van der Waals surface area contributed by atoms with Crippen LogP contribution >= 0.6 is 0 Å². The molecule has 0 saturated heterocycles. The number of benzene rings is 2. The second-order valence-corrected chi connectivity index (χ2v) is 7.42. The van der Waals surface area contributed by atoms with E-state index in [0.717, 1.165) is 0 Å². The number of nitrogen functional groups attached to an aromatic ring is 1. The fourth-order valence-corrected chi connectivity index (χ4v) is 3.29. The molecule has 0 spiro atoms. The summed E-state index contributed by atoms with van der Waals surface area (Å²) in [6.07, 6.45) is 0. The van der Waals surface area contributed by atoms with E-state index < -0.39 is 28.3 Å². The molecule has 2 N–H and O–H groups in total. The third-order valence-electron chi connectivity index (χ3n) is 4.15. The van der Waals surface area contributed by atoms with Gasteiger partial charge in [-0.1, -0.05) is 35.3 Å². The van der Waals surface area contributed by atoms with Crippen molar-refractivity contribution < 1.29 is 22.7 Å². The van der Waals surface area contributed by atoms with Gasteiger partial charge in [0.05, 0.1) is 5.57 Å². The average molecular weight is 374 g/mol. The van der Waals surface area contributed by atoms with Gasteiger partial charge in [-0.25, -0.2) is 4.39 Å². The molecule has 1 heterocycles. The maximum Gasteiger partial charge on any atom is 0.210 e. The Balaban J connectivity index is 2.12. The molecule has 0 saturated carbocycles. The first-order chi connectivity index (χ1) is 12.2. The van der Waals surface area contributed by atoms with Crippen LogP contribution in [0.5, 0.6) is 0 Å². The Morgan fingerprint density at radius 1 is 1.15 bits per heavy atom. The second-order valence-electron chi connectivity index (χ2n) is 6.52. The molecule has 136 valence electrons. The van der Waals surface area contributed by atoms with Gasteiger partial charge in [-0.15, -0.1) is 0 Å². The molecule has 0 aromatic heterocycles. The Hall–Kier alpha value is -2.51. The van der Waals surface area contributed by atoms with Gasteiger partial charge in [-0.05, 0) is 43.2 Å². The van der Waals surface area contributed by atoms with Crippen LogP contribution in [-0.2, 0) is 26.4 Å². The molecule has 7 heteroatoms. The Labute approximate surface area is 153 Å². The fraction of sp³-hybridized carbons (Fsp3) is 0.211. The largest absolute Gasteiger partial charge is 0.772 e. The number of carbonyl (C=O) groups is 1. The molecule has 1 aliphatic heterocycles. The van der Waals surface area contributed by atoms with Gasteiger partial charge in [-0.3, -0.25) is 9.00 Å². The zero-order valence-corrected chi connectivity index (χ0v) is 15.1. The lowest BCUT2D eigenvalue weighted by Crippen LogP contribution is -2.29. The van der Waals surface area contributed by atoms with Crippen LogP contribution in [0.1, 0.15) is 30.5 Å². The molecule has 0 aliphatic carbocycles. The Morgan fingerprint density at radius 3 is 2.35 bits per heavy atom. The molecule has 0 bridgehead atoms. The Kier molecular flexibility index (Phi) is 4.68. The Morgan fingerprint density at radius 2 is 1.77 bits per heavy atom. The number of nitrogens with two attached hydrogens (primary N) is 1. The van der Waals surface area contributed by atoms with Crippen LogP contribution in [0.2, 0.25) is 0 Å². The normalized spacial score (nSPS) is 17.3. The van der Waals surface area contributed by atoms with Gasteiger partial charge in [0.2, 0.25) is 5.78 Å². The first kappa shape index (κ1) is 18.3. The summed E-state index contributed by atoms with van der Waals surface area (Å²) in [7, 11) is 0. The van der Waals surface area contributed by atoms with E-state index in [-0.39, 0.29) is 17.1 Å². The van der Waals surface area contributed by atoms with Crippen LogP contribution in [0.25, 0.3) is 11.3 Å². The third-order valence-corrected chi connectivity index (χ3v) is 4.69. The zero-order valence-electron chi connectivity index (χ0n) is 14.2. The number of hydrogen-bond donors (Lipinski definition) is 1. The van der Waals surface area contributed by atoms with Crippen LogP contribution in [0.3, 0.4) is 0 Å². The molecule has 0 radical (unpaired) electrons. The molecule has 1 atom stereocenters. The highest BCUT2D eigenvalue weighted by atomic mass is 32.2. The predicted molar refractivity (Wildman–Crippen MR) is 96.9 cm³/mol. The van der Waals surface area contributed by atoms with Crippen LogP contribution in [0.15, 0.2) is 42.5 Å². The lowest BCUT2D eigenvalue weighted by atomic mass is 9.92. The van der Waals surface area contributed by atoms with Crippen molar-refractivity contribution in [3.8, 4) is 0 Å². The van der Waals surface area contributed by atoms with Crippen molar-refractivity contribution in [2.45, 2.75) is 25.2 Å². The number of halogens is 1. The highest BCUT2D eigenvalue weighted by Crippen LogP contribution is 2.41. The van der Waals surface area contributed by atoms with E-state index in [1.54, 1.807) is 44.2 Å². The maximum atomic E-state index is 14.3. The van der Waals surface area contributed by atoms with Crippen molar-refractivity contribution in [3.63, 3.8) is 0 Å². The number of ether oxygens (including phenoxy) is 1. The van der Waals surface area contributed by atoms with E-state index in [2.05, 4.69) is 0 Å². The van der Waals surface area contributed by atoms with E-state index in [4.69, 9.17) is 10.5 Å². The van der Waals surface area contributed by atoms with Crippen molar-refractivity contribution in [2.24, 2.45) is 0 Å². The number of anilines is 1. The molecule has 0 fully saturated rings. The number of Topliss-reactive ketones (excluding diaryl/α,β-unsaturated/α-hetero) is 1. The lowest BCUT2D eigenvalue weighted by molar-refractivity contribution is -0.125. The van der Waals surface area contributed by atoms with Gasteiger partial charge in [0.1, 0.15) is 11.6 Å². The van der Waals surface area contributed by atoms with Crippen LogP contribution < -0.4 is 5.73 Å². The Bertz CT molecular complexity index is 935. The van der Waals surface area contributed by atoms with Gasteiger partial charge in [0.15, 0.2) is 5.60 Å². The monoisotopic (exact) mass is 374 g/mol. The van der Waals surface area contributed by atoms with Crippen LogP contribution in [0, 0.1) is 5.82 Å². The molecule has 26 heavy (non-hydrogen) atoms. The summed E-state index contributed by atoms with van der Waals surface area (Å²) in [6, 6.07) is 10.9. The van der Waals surface area contributed by atoms with Crippen molar-refractivity contribution in [2.75, 3.05) is 5.73 Å². The molecule has 2 aromatic rings. The molecule has 2 aromatic carbocycles. The highest BCUT2D eigenvalue weighted by molar-refractivity contribution is 7.78. The van der Waals surface area contributed by atoms with Crippen molar-refractivity contribution in [3.05, 3.63) is 65.0 Å². The number of rotatable bonds is 4. The molecular weight excluding hydrogens is 357 g/mol. The van der Waals surface area contributed by atoms with Gasteiger partial charge >= 0.3 is 0 Å². The number of hydrogen-bond acceptors (Lipinski definition) is 5. The van der Waals surface area contributed by atoms with Crippen LogP contribution in [-0.4, -0.2) is 20.1 Å². The topological polar surface area (TPSA) is 92.4 Å². The van der Waals surface area contributed by atoms with E-state index in [1.807, 2.05) is 0 Å². The van der Waals surface area contributed by atoms with Crippen molar-refractivity contribution in [1.82, 2.24) is 0 Å². The third kappa shape index (κ3) is 3.40. The zero-order chi connectivity index (χ0) is 19.1. The summed E-state index contributed by atoms with van der Waals surface area (Å²) in [5.41, 5.74) is 6.56. The van der Waals surface area contributed by atoms with Gasteiger partial charge in [0, 0.05) is 17.0 Å². The minimum atomic E-state index is -2.39. The summed E-state index contributed by atoms with van der Waals surface area (Å²) in [4.78, 5) is 12.8. The second kappa shape index (κ2) is 6.66. The summed E-state index contributed by atoms with van der Waals surface area (Å²) in [5.74, 6) is -1.04. The molecule has 0 amide bonds. The SMILES string of the molecule is CC1(C)OC(c2ccc(CS(=O)[O-])c(F)c2)=C(c2ccc(N)cc2)C1=O. The first-order valence-electron chi connectivity index (χ1n) is 7.87. The standard InChI is InChI=1S/C19H18FNO4S/c1-19(2)18(22)16(11-5-7-14(21)8-6-11)17(25-19)12-3-4-13(10-26(23)24)15(20)9-12/h3-9H,10,21H2,1-2H3,(H,23,24)/p-1. The minimum absolute atomic E-state index is 0.0558. The maximum absolute atomic E-state index is 14.3. The van der Waals surface area contributed by atoms with Crippen LogP contribution in [0.4, 0.5) is 10.1 Å². The van der Waals surface area contributed by atoms with E-state index in [0.29, 0.717) is 22.4 Å². The summed E-state index contributed by atoms with van der Waals surface area (Å²) >= 11 is -2.39. The van der Waals surface area contributed by atoms with Crippen molar-refractivity contribution >= 4 is 33.9 Å². The number of carbonyl (C=O) groups excluding carboxylic acids is 1. The van der Waals surface area contributed by atoms with Gasteiger partial charge < -0.3 is 15.0 Å². The minimum Gasteiger partial charge on any atom is -0.772 e. The summed E-state index contributed by atoms with van der Waals surface area (Å²) in [5, 5.41) is 0. The molecule has 1 aliphatic rings. The van der Waals surface area contributed by atoms with Gasteiger partial charge in [0.25, 0.3) is 0 Å². The van der Waals surface area contributed by atoms with E-state index in [9.17, 15) is 17.9 Å². The molecule has 3 rings (SSSR count). The van der Waals surface area contributed by atoms with E-state index in [1.165, 1.54) is 12.1 Å². The van der Waals surface area contributed by atoms with Crippen molar-refractivity contribution in [1.29, 1.82) is 0 Å². The fourth-order valence-electron chi connectivity index (χ4n) is 2.80. The molecule has 5 nitrogen and oxygen atoms in total. The molecular formula is C19H17FNO4S-. The van der Waals surface area contributed by atoms with E-state index >= 15 is 0 Å². The smallest absolute Gasteiger partial charge is 0.210 e. The summed E-state index contributed by atoms with van der Waals surface area (Å²) in [6.45, 7) is 3.29. The average Bonchev–Trinajstić information content (AvgIpc) is 2.80. The molecule has 1 unspecified atom stereocenters. The lowest BCUT2D eigenvalue weighted by Gasteiger charge is -2.18. The quantitative estimate of drug-likeness (QED) is 0.656. The first-order valence-corrected chi connectivity index (χ1v) is 9.12. The van der Waals surface area contributed by atoms with Gasteiger partial charge in [-0.2, -0.15) is 0 Å². The highest BCUT2D eigenvalue weighted by Gasteiger charge is 2.42.